The van der Waals surface area contributed by atoms with Crippen molar-refractivity contribution in [3.63, 3.8) is 0 Å². The molecule has 0 spiro atoms. The fourth-order valence-corrected chi connectivity index (χ4v) is 7.12. The third-order valence-electron chi connectivity index (χ3n) is 9.95. The fourth-order valence-electron chi connectivity index (χ4n) is 7.00. The summed E-state index contributed by atoms with van der Waals surface area (Å²) >= 11 is 5.99. The van der Waals surface area contributed by atoms with Crippen molar-refractivity contribution < 1.29 is 68.5 Å². The van der Waals surface area contributed by atoms with Gasteiger partial charge in [-0.1, -0.05) is 23.7 Å². The molecule has 1 aromatic rings. The van der Waals surface area contributed by atoms with Crippen LogP contribution in [0.25, 0.3) is 0 Å². The molecule has 20 atom stereocenters. The number of nitrogens with two attached hydrogens (primary N) is 5. The first-order valence-electron chi connectivity index (χ1n) is 16.5. The molecule has 284 valence electrons. The predicted octanol–water partition coefficient (Wildman–Crippen LogP) is -5.45. The van der Waals surface area contributed by atoms with Gasteiger partial charge in [-0.15, -0.1) is 0 Å². The third-order valence-corrected chi connectivity index (χ3v) is 10.2. The van der Waals surface area contributed by atoms with Gasteiger partial charge in [0, 0.05) is 29.2 Å². The van der Waals surface area contributed by atoms with Crippen LogP contribution in [0.5, 0.6) is 0 Å². The van der Waals surface area contributed by atoms with Crippen LogP contribution in [0.3, 0.4) is 0 Å². The lowest BCUT2D eigenvalue weighted by molar-refractivity contribution is -0.356. The van der Waals surface area contributed by atoms with E-state index in [1.807, 2.05) is 0 Å². The molecular formula is C30H48ClN5O14. The molecule has 5 aliphatic rings. The quantitative estimate of drug-likeness (QED) is 0.113. The lowest BCUT2D eigenvalue weighted by atomic mass is 9.84. The van der Waals surface area contributed by atoms with Crippen LogP contribution in [0.4, 0.5) is 0 Å². The average molecular weight is 738 g/mol. The first-order valence-corrected chi connectivity index (χ1v) is 16.9. The minimum atomic E-state index is -1.61. The van der Waals surface area contributed by atoms with Gasteiger partial charge in [-0.05, 0) is 18.6 Å². The highest BCUT2D eigenvalue weighted by atomic mass is 35.5. The zero-order valence-corrected chi connectivity index (χ0v) is 27.7. The van der Waals surface area contributed by atoms with Crippen LogP contribution >= 0.6 is 11.6 Å². The summed E-state index contributed by atoms with van der Waals surface area (Å²) in [6, 6.07) is 2.76. The first kappa shape index (κ1) is 38.5. The third kappa shape index (κ3) is 7.56. The lowest BCUT2D eigenvalue weighted by Gasteiger charge is -2.49. The van der Waals surface area contributed by atoms with Gasteiger partial charge in [0.15, 0.2) is 25.2 Å². The number of fused-ring (bicyclic) bond motifs is 1. The van der Waals surface area contributed by atoms with Crippen molar-refractivity contribution in [3.8, 4) is 0 Å². The molecule has 16 N–H and O–H groups in total. The van der Waals surface area contributed by atoms with E-state index in [2.05, 4.69) is 0 Å². The average Bonchev–Trinajstić information content (AvgIpc) is 3.40. The normalized spacial score (nSPS) is 49.8. The Balaban J connectivity index is 1.13. The first-order chi connectivity index (χ1) is 23.8. The fraction of sp³-hybridized carbons (Fsp3) is 0.800. The molecule has 1 aromatic carbocycles. The zero-order valence-electron chi connectivity index (χ0n) is 26.9. The van der Waals surface area contributed by atoms with Gasteiger partial charge in [0.05, 0.1) is 31.4 Å². The number of ether oxygens (including phenoxy) is 8. The summed E-state index contributed by atoms with van der Waals surface area (Å²) in [5, 5.41) is 64.8. The van der Waals surface area contributed by atoms with Crippen molar-refractivity contribution in [3.05, 3.63) is 34.9 Å². The Morgan fingerprint density at radius 1 is 0.680 bits per heavy atom. The number of benzene rings is 1. The van der Waals surface area contributed by atoms with Gasteiger partial charge < -0.3 is 97.2 Å². The second-order valence-electron chi connectivity index (χ2n) is 13.3. The van der Waals surface area contributed by atoms with Gasteiger partial charge in [-0.25, -0.2) is 0 Å². The van der Waals surface area contributed by atoms with Crippen LogP contribution in [0.1, 0.15) is 18.3 Å². The van der Waals surface area contributed by atoms with Crippen LogP contribution in [-0.2, 0) is 37.9 Å². The summed E-state index contributed by atoms with van der Waals surface area (Å²) in [7, 11) is 0. The molecule has 4 saturated heterocycles. The molecule has 6 rings (SSSR count). The van der Waals surface area contributed by atoms with Crippen LogP contribution in [0.15, 0.2) is 24.3 Å². The number of hydrogen-bond donors (Lipinski definition) is 11. The Bertz CT molecular complexity index is 1260. The van der Waals surface area contributed by atoms with Gasteiger partial charge >= 0.3 is 0 Å². The van der Waals surface area contributed by atoms with Crippen molar-refractivity contribution in [1.82, 2.24) is 0 Å². The Labute approximate surface area is 292 Å². The lowest BCUT2D eigenvalue weighted by Crippen LogP contribution is -2.69. The molecule has 50 heavy (non-hydrogen) atoms. The SMILES string of the molecule is NCC1O[C@H](O[C@H]2[C@@H](O)[C@H](O[C@@H]3[C@@H](O)[C@H](N)C[C@H](N)[C@H]3O[C@H]3O[C@@H]4COC(c5ccc(Cl)cc5)O[C@H]4[C@H](O)[C@H]3N)O[C@@H]2CO)[C@H](N)[C@@H](O)[C@@H]1O. The summed E-state index contributed by atoms with van der Waals surface area (Å²) in [5.74, 6) is 0. The van der Waals surface area contributed by atoms with Gasteiger partial charge in [-0.3, -0.25) is 0 Å². The molecule has 19 nitrogen and oxygen atoms in total. The number of rotatable bonds is 9. The molecular weight excluding hydrogens is 690 g/mol. The number of hydrogen-bond acceptors (Lipinski definition) is 19. The summed E-state index contributed by atoms with van der Waals surface area (Å²) in [6.07, 6.45) is -19.6. The molecule has 2 unspecified atom stereocenters. The van der Waals surface area contributed by atoms with E-state index >= 15 is 0 Å². The summed E-state index contributed by atoms with van der Waals surface area (Å²) < 4.78 is 47.5. The summed E-state index contributed by atoms with van der Waals surface area (Å²) in [4.78, 5) is 0. The molecule has 0 amide bonds. The molecule has 0 radical (unpaired) electrons. The topological polar surface area (TPSA) is 325 Å². The Kier molecular flexibility index (Phi) is 12.3. The number of aliphatic hydroxyl groups is 6. The molecule has 1 saturated carbocycles. The van der Waals surface area contributed by atoms with E-state index in [1.165, 1.54) is 0 Å². The second-order valence-corrected chi connectivity index (χ2v) is 13.8. The molecule has 0 aromatic heterocycles. The molecule has 1 aliphatic carbocycles. The van der Waals surface area contributed by atoms with Crippen molar-refractivity contribution in [2.24, 2.45) is 28.7 Å². The van der Waals surface area contributed by atoms with Gasteiger partial charge in [0.2, 0.25) is 0 Å². The minimum absolute atomic E-state index is 0.0220. The van der Waals surface area contributed by atoms with E-state index in [1.54, 1.807) is 24.3 Å². The van der Waals surface area contributed by atoms with Crippen LogP contribution < -0.4 is 28.7 Å². The van der Waals surface area contributed by atoms with Gasteiger partial charge in [-0.2, -0.15) is 0 Å². The molecule has 4 heterocycles. The predicted molar refractivity (Wildman–Crippen MR) is 168 cm³/mol. The smallest absolute Gasteiger partial charge is 0.187 e. The van der Waals surface area contributed by atoms with E-state index in [4.69, 9.17) is 78.2 Å². The van der Waals surface area contributed by atoms with Gasteiger partial charge in [0.1, 0.15) is 67.1 Å². The summed E-state index contributed by atoms with van der Waals surface area (Å²) in [6.45, 7) is -0.786. The van der Waals surface area contributed by atoms with Crippen LogP contribution in [0.2, 0.25) is 5.02 Å². The van der Waals surface area contributed by atoms with Crippen molar-refractivity contribution >= 4 is 11.6 Å². The number of aliphatic hydroxyl groups excluding tert-OH is 6. The second kappa shape index (κ2) is 16.0. The molecule has 5 fully saturated rings. The van der Waals surface area contributed by atoms with E-state index in [9.17, 15) is 30.6 Å². The maximum absolute atomic E-state index is 11.3. The Morgan fingerprint density at radius 2 is 1.30 bits per heavy atom. The Morgan fingerprint density at radius 3 is 1.98 bits per heavy atom. The maximum atomic E-state index is 11.3. The van der Waals surface area contributed by atoms with E-state index in [0.29, 0.717) is 10.6 Å². The molecule has 0 bridgehead atoms. The zero-order chi connectivity index (χ0) is 36.0. The van der Waals surface area contributed by atoms with Crippen LogP contribution in [0, 0.1) is 0 Å². The van der Waals surface area contributed by atoms with Crippen molar-refractivity contribution in [2.75, 3.05) is 19.8 Å². The van der Waals surface area contributed by atoms with Gasteiger partial charge in [0.25, 0.3) is 0 Å². The monoisotopic (exact) mass is 737 g/mol. The summed E-state index contributed by atoms with van der Waals surface area (Å²) in [5.41, 5.74) is 31.4. The minimum Gasteiger partial charge on any atom is -0.394 e. The van der Waals surface area contributed by atoms with E-state index in [-0.39, 0.29) is 19.6 Å². The van der Waals surface area contributed by atoms with Crippen molar-refractivity contribution in [2.45, 2.75) is 129 Å². The molecule has 4 aliphatic heterocycles. The van der Waals surface area contributed by atoms with E-state index < -0.39 is 129 Å². The highest BCUT2D eigenvalue weighted by Crippen LogP contribution is 2.37. The van der Waals surface area contributed by atoms with Crippen LogP contribution in [-0.4, -0.2) is 167 Å². The largest absolute Gasteiger partial charge is 0.394 e. The van der Waals surface area contributed by atoms with Crippen molar-refractivity contribution in [1.29, 1.82) is 0 Å². The highest BCUT2D eigenvalue weighted by Gasteiger charge is 2.55. The standard InChI is InChI=1S/C30H48ClN5O14/c31-10-3-1-9(2-4-10)27-43-8-15-25(48-27)21(41)17(36)29(46-15)47-23-12(34)5-11(33)18(38)26(23)50-30-22(42)24(14(7-37)45-30)49-28-16(35)20(40)19(39)13(6-32)44-28/h1-4,11-30,37-42H,5-8,32-36H2/t11-,12+,13?,14-,15-,16-,17-,18+,19-,20-,21-,22-,23-,24-,25-,26-,27?,28-,29-,30+/m1/s1. The Hall–Kier alpha value is -1.25. The molecule has 20 heteroatoms. The number of halogens is 1. The maximum Gasteiger partial charge on any atom is 0.187 e. The highest BCUT2D eigenvalue weighted by molar-refractivity contribution is 6.30. The van der Waals surface area contributed by atoms with E-state index in [0.717, 1.165) is 0 Å².